The van der Waals surface area contributed by atoms with Crippen LogP contribution in [-0.2, 0) is 9.53 Å². The first-order valence-corrected chi connectivity index (χ1v) is 5.88. The Morgan fingerprint density at radius 3 is 2.65 bits per heavy atom. The van der Waals surface area contributed by atoms with Crippen molar-refractivity contribution in [2.75, 3.05) is 6.61 Å². The molecule has 2 saturated carbocycles. The van der Waals surface area contributed by atoms with Gasteiger partial charge in [0, 0.05) is 6.04 Å². The van der Waals surface area contributed by atoms with Crippen molar-refractivity contribution in [3.05, 3.63) is 12.7 Å². The van der Waals surface area contributed by atoms with Crippen LogP contribution < -0.4 is 5.32 Å². The third-order valence-corrected chi connectivity index (χ3v) is 3.81. The van der Waals surface area contributed by atoms with E-state index >= 15 is 0 Å². The number of rotatable bonds is 4. The topological polar surface area (TPSA) is 75.6 Å². The summed E-state index contributed by atoms with van der Waals surface area (Å²) in [6, 6.07) is 0.0768. The second-order valence-electron chi connectivity index (χ2n) is 4.81. The molecule has 5 heteroatoms. The number of carboxylic acids is 1. The number of carboxylic acid groups (broad SMARTS) is 1. The molecule has 5 nitrogen and oxygen atoms in total. The molecule has 2 fully saturated rings. The standard InChI is InChI=1S/C12H17NO4/c1-2-3-17-12(16)13-10-6-7-4-8(10)5-9(7)11(14)15/h2,7-10H,1,3-6H2,(H,13,16)(H,14,15)/t7-,8-,9-,10-/m1/s1. The molecule has 0 heterocycles. The average molecular weight is 239 g/mol. The molecule has 2 aliphatic carbocycles. The molecular formula is C12H17NO4. The molecule has 0 unspecified atom stereocenters. The molecule has 2 aliphatic rings. The van der Waals surface area contributed by atoms with Crippen LogP contribution in [0.2, 0.25) is 0 Å². The van der Waals surface area contributed by atoms with Crippen molar-refractivity contribution in [2.24, 2.45) is 17.8 Å². The van der Waals surface area contributed by atoms with E-state index < -0.39 is 12.1 Å². The Kier molecular flexibility index (Phi) is 3.36. The van der Waals surface area contributed by atoms with Gasteiger partial charge in [0.05, 0.1) is 5.92 Å². The SMILES string of the molecule is C=CCOC(=O)N[C@@H]1C[C@H]2C[C@@H]1C[C@H]2C(=O)O. The van der Waals surface area contributed by atoms with E-state index in [4.69, 9.17) is 9.84 Å². The summed E-state index contributed by atoms with van der Waals surface area (Å²) in [5.41, 5.74) is 0. The van der Waals surface area contributed by atoms with Crippen molar-refractivity contribution in [1.29, 1.82) is 0 Å². The maximum atomic E-state index is 11.4. The molecule has 2 rings (SSSR count). The van der Waals surface area contributed by atoms with Gasteiger partial charge in [-0.15, -0.1) is 0 Å². The zero-order chi connectivity index (χ0) is 12.4. The summed E-state index contributed by atoms with van der Waals surface area (Å²) in [5, 5.41) is 11.8. The Morgan fingerprint density at radius 2 is 2.12 bits per heavy atom. The molecule has 4 atom stereocenters. The summed E-state index contributed by atoms with van der Waals surface area (Å²) in [6.45, 7) is 3.66. The van der Waals surface area contributed by atoms with Crippen LogP contribution in [0.15, 0.2) is 12.7 Å². The summed E-state index contributed by atoms with van der Waals surface area (Å²) in [5.74, 6) is -0.424. The van der Waals surface area contributed by atoms with Crippen molar-refractivity contribution in [1.82, 2.24) is 5.32 Å². The monoisotopic (exact) mass is 239 g/mol. The van der Waals surface area contributed by atoms with Crippen molar-refractivity contribution in [3.63, 3.8) is 0 Å². The van der Waals surface area contributed by atoms with Crippen LogP contribution in [-0.4, -0.2) is 29.8 Å². The van der Waals surface area contributed by atoms with Crippen molar-refractivity contribution < 1.29 is 19.4 Å². The highest BCUT2D eigenvalue weighted by molar-refractivity contribution is 5.71. The van der Waals surface area contributed by atoms with Crippen LogP contribution in [0, 0.1) is 17.8 Å². The summed E-state index contributed by atoms with van der Waals surface area (Å²) < 4.78 is 4.85. The quantitative estimate of drug-likeness (QED) is 0.727. The smallest absolute Gasteiger partial charge is 0.407 e. The van der Waals surface area contributed by atoms with E-state index in [1.165, 1.54) is 6.08 Å². The molecule has 0 radical (unpaired) electrons. The van der Waals surface area contributed by atoms with Gasteiger partial charge in [0.15, 0.2) is 0 Å². The first-order chi connectivity index (χ1) is 8.11. The molecule has 17 heavy (non-hydrogen) atoms. The molecule has 2 N–H and O–H groups in total. The lowest BCUT2D eigenvalue weighted by molar-refractivity contribution is -0.143. The summed E-state index contributed by atoms with van der Waals surface area (Å²) in [4.78, 5) is 22.3. The summed E-state index contributed by atoms with van der Waals surface area (Å²) in [7, 11) is 0. The number of alkyl carbamates (subject to hydrolysis) is 1. The first-order valence-electron chi connectivity index (χ1n) is 5.88. The van der Waals surface area contributed by atoms with Gasteiger partial charge >= 0.3 is 12.1 Å². The molecular weight excluding hydrogens is 222 g/mol. The fourth-order valence-electron chi connectivity index (χ4n) is 3.08. The lowest BCUT2D eigenvalue weighted by Gasteiger charge is -2.25. The molecule has 0 spiro atoms. The Bertz CT molecular complexity index is 341. The molecule has 2 bridgehead atoms. The second kappa shape index (κ2) is 4.77. The molecule has 94 valence electrons. The van der Waals surface area contributed by atoms with E-state index in [0.717, 1.165) is 12.8 Å². The van der Waals surface area contributed by atoms with Crippen LogP contribution >= 0.6 is 0 Å². The zero-order valence-electron chi connectivity index (χ0n) is 9.59. The van der Waals surface area contributed by atoms with E-state index in [1.807, 2.05) is 0 Å². The van der Waals surface area contributed by atoms with Gasteiger partial charge in [0.2, 0.25) is 0 Å². The molecule has 0 aromatic rings. The second-order valence-corrected chi connectivity index (χ2v) is 4.81. The molecule has 0 aromatic heterocycles. The minimum Gasteiger partial charge on any atom is -0.481 e. The van der Waals surface area contributed by atoms with Crippen LogP contribution in [0.25, 0.3) is 0 Å². The molecule has 0 aromatic carbocycles. The van der Waals surface area contributed by atoms with Crippen LogP contribution in [0.1, 0.15) is 19.3 Å². The highest BCUT2D eigenvalue weighted by atomic mass is 16.5. The summed E-state index contributed by atoms with van der Waals surface area (Å²) >= 11 is 0. The van der Waals surface area contributed by atoms with E-state index in [-0.39, 0.29) is 30.4 Å². The number of hydrogen-bond acceptors (Lipinski definition) is 3. The normalized spacial score (nSPS) is 34.4. The predicted molar refractivity (Wildman–Crippen MR) is 60.4 cm³/mol. The number of nitrogens with one attached hydrogen (secondary N) is 1. The van der Waals surface area contributed by atoms with E-state index in [9.17, 15) is 9.59 Å². The average Bonchev–Trinajstić information content (AvgIpc) is 2.85. The fraction of sp³-hybridized carbons (Fsp3) is 0.667. The minimum atomic E-state index is -0.704. The predicted octanol–water partition coefficient (Wildman–Crippen LogP) is 1.40. The third-order valence-electron chi connectivity index (χ3n) is 3.81. The van der Waals surface area contributed by atoms with E-state index in [1.54, 1.807) is 0 Å². The number of aliphatic carboxylic acids is 1. The van der Waals surface area contributed by atoms with Crippen LogP contribution in [0.5, 0.6) is 0 Å². The number of hydrogen-bond donors (Lipinski definition) is 2. The molecule has 0 aliphatic heterocycles. The van der Waals surface area contributed by atoms with Crippen LogP contribution in [0.4, 0.5) is 4.79 Å². The number of fused-ring (bicyclic) bond motifs is 2. The van der Waals surface area contributed by atoms with Crippen LogP contribution in [0.3, 0.4) is 0 Å². The highest BCUT2D eigenvalue weighted by Crippen LogP contribution is 2.48. The molecule has 0 saturated heterocycles. The number of amides is 1. The number of ether oxygens (including phenoxy) is 1. The number of carbonyl (C=O) groups is 2. The van der Waals surface area contributed by atoms with Gasteiger partial charge in [-0.25, -0.2) is 4.79 Å². The van der Waals surface area contributed by atoms with Gasteiger partial charge in [-0.05, 0) is 31.1 Å². The Hall–Kier alpha value is -1.52. The lowest BCUT2D eigenvalue weighted by Crippen LogP contribution is -2.41. The van der Waals surface area contributed by atoms with Gasteiger partial charge in [0.1, 0.15) is 6.61 Å². The van der Waals surface area contributed by atoms with Gasteiger partial charge in [-0.3, -0.25) is 4.79 Å². The fourth-order valence-corrected chi connectivity index (χ4v) is 3.08. The van der Waals surface area contributed by atoms with Crippen molar-refractivity contribution >= 4 is 12.1 Å². The first kappa shape index (κ1) is 12.0. The van der Waals surface area contributed by atoms with E-state index in [0.29, 0.717) is 6.42 Å². The zero-order valence-corrected chi connectivity index (χ0v) is 9.59. The van der Waals surface area contributed by atoms with Gasteiger partial charge in [-0.2, -0.15) is 0 Å². The maximum absolute atomic E-state index is 11.4. The van der Waals surface area contributed by atoms with Gasteiger partial charge < -0.3 is 15.2 Å². The highest BCUT2D eigenvalue weighted by Gasteiger charge is 2.49. The van der Waals surface area contributed by atoms with Gasteiger partial charge in [0.25, 0.3) is 0 Å². The minimum absolute atomic E-state index is 0.0768. The Balaban J connectivity index is 1.82. The van der Waals surface area contributed by atoms with E-state index in [2.05, 4.69) is 11.9 Å². The number of carbonyl (C=O) groups excluding carboxylic acids is 1. The van der Waals surface area contributed by atoms with Crippen molar-refractivity contribution in [2.45, 2.75) is 25.3 Å². The largest absolute Gasteiger partial charge is 0.481 e. The maximum Gasteiger partial charge on any atom is 0.407 e. The van der Waals surface area contributed by atoms with Crippen molar-refractivity contribution in [3.8, 4) is 0 Å². The summed E-state index contributed by atoms with van der Waals surface area (Å²) in [6.07, 6.45) is 3.41. The van der Waals surface area contributed by atoms with Gasteiger partial charge in [-0.1, -0.05) is 12.7 Å². The Morgan fingerprint density at radius 1 is 1.35 bits per heavy atom. The third kappa shape index (κ3) is 2.43. The Labute approximate surface area is 99.8 Å². The lowest BCUT2D eigenvalue weighted by atomic mass is 9.86. The molecule has 1 amide bonds.